The Morgan fingerprint density at radius 1 is 1.15 bits per heavy atom. The van der Waals surface area contributed by atoms with E-state index in [2.05, 4.69) is 20.7 Å². The number of benzene rings is 1. The van der Waals surface area contributed by atoms with Gasteiger partial charge in [-0.2, -0.15) is 13.2 Å². The van der Waals surface area contributed by atoms with E-state index in [1.807, 2.05) is 0 Å². The summed E-state index contributed by atoms with van der Waals surface area (Å²) in [5.74, 6) is -1.96. The fraction of sp³-hybridized carbons (Fsp3) is 0.364. The average Bonchev–Trinajstić information content (AvgIpc) is 2.27. The number of ether oxygens (including phenoxy) is 1. The Hall–Kier alpha value is -1.25. The Balaban J connectivity index is 3.33. The topological polar surface area (TPSA) is 26.3 Å². The van der Waals surface area contributed by atoms with Gasteiger partial charge in [-0.15, -0.1) is 13.2 Å². The molecule has 0 spiro atoms. The maximum Gasteiger partial charge on any atom is 0.573 e. The second-order valence-corrected chi connectivity index (χ2v) is 4.25. The van der Waals surface area contributed by atoms with Crippen LogP contribution in [0.15, 0.2) is 18.2 Å². The molecule has 0 bridgehead atoms. The summed E-state index contributed by atoms with van der Waals surface area (Å²) in [6.07, 6.45) is -10.9. The first-order valence-electron chi connectivity index (χ1n) is 5.07. The van der Waals surface area contributed by atoms with Crippen molar-refractivity contribution >= 4 is 21.7 Å². The Kier molecular flexibility index (Phi) is 5.06. The van der Waals surface area contributed by atoms with E-state index in [0.29, 0.717) is 6.07 Å². The van der Waals surface area contributed by atoms with E-state index in [9.17, 15) is 31.1 Å². The molecule has 0 radical (unpaired) electrons. The highest BCUT2D eigenvalue weighted by atomic mass is 79.9. The summed E-state index contributed by atoms with van der Waals surface area (Å²) in [7, 11) is 0. The molecule has 0 aromatic heterocycles. The SMILES string of the molecule is O=C(CBr)Cc1cccc(C(F)(F)F)c1OC(F)(F)F. The standard InChI is InChI=1S/C11H7BrF6O2/c12-5-7(19)4-6-2-1-3-8(10(13,14)15)9(6)20-11(16,17)18/h1-3H,4-5H2. The van der Waals surface area contributed by atoms with Crippen molar-refractivity contribution in [3.63, 3.8) is 0 Å². The smallest absolute Gasteiger partial charge is 0.405 e. The fourth-order valence-corrected chi connectivity index (χ4v) is 1.64. The number of para-hydroxylation sites is 1. The minimum absolute atomic E-state index is 0.186. The highest BCUT2D eigenvalue weighted by Gasteiger charge is 2.40. The molecule has 0 amide bonds. The zero-order valence-corrected chi connectivity index (χ0v) is 11.2. The molecule has 20 heavy (non-hydrogen) atoms. The number of alkyl halides is 7. The Bertz CT molecular complexity index is 495. The van der Waals surface area contributed by atoms with Gasteiger partial charge in [0.25, 0.3) is 0 Å². The van der Waals surface area contributed by atoms with Crippen molar-refractivity contribution in [2.45, 2.75) is 19.0 Å². The quantitative estimate of drug-likeness (QED) is 0.593. The average molecular weight is 365 g/mol. The third kappa shape index (κ3) is 4.69. The number of carbonyl (C=O) groups excluding carboxylic acids is 1. The largest absolute Gasteiger partial charge is 0.573 e. The lowest BCUT2D eigenvalue weighted by Crippen LogP contribution is -2.22. The van der Waals surface area contributed by atoms with Crippen LogP contribution in [-0.2, 0) is 17.4 Å². The number of hydrogen-bond donors (Lipinski definition) is 0. The molecule has 0 N–H and O–H groups in total. The van der Waals surface area contributed by atoms with Crippen molar-refractivity contribution in [3.05, 3.63) is 29.3 Å². The van der Waals surface area contributed by atoms with Gasteiger partial charge in [-0.05, 0) is 6.07 Å². The third-order valence-corrected chi connectivity index (χ3v) is 2.78. The second-order valence-electron chi connectivity index (χ2n) is 3.69. The summed E-state index contributed by atoms with van der Waals surface area (Å²) in [4.78, 5) is 11.2. The molecule has 2 nitrogen and oxygen atoms in total. The van der Waals surface area contributed by atoms with Crippen LogP contribution in [0.4, 0.5) is 26.3 Å². The maximum atomic E-state index is 12.7. The third-order valence-electron chi connectivity index (χ3n) is 2.16. The zero-order valence-electron chi connectivity index (χ0n) is 9.61. The number of halogens is 7. The second kappa shape index (κ2) is 6.02. The molecule has 0 saturated carbocycles. The van der Waals surface area contributed by atoms with Crippen molar-refractivity contribution in [2.75, 3.05) is 5.33 Å². The van der Waals surface area contributed by atoms with Gasteiger partial charge in [-0.25, -0.2) is 0 Å². The molecule has 0 aliphatic carbocycles. The van der Waals surface area contributed by atoms with E-state index in [1.165, 1.54) is 0 Å². The Labute approximate surface area is 117 Å². The van der Waals surface area contributed by atoms with E-state index in [-0.39, 0.29) is 5.33 Å². The molecule has 0 heterocycles. The molecule has 0 saturated heterocycles. The summed E-state index contributed by atoms with van der Waals surface area (Å²) in [5.41, 5.74) is -2.05. The minimum atomic E-state index is -5.28. The van der Waals surface area contributed by atoms with Gasteiger partial charge in [-0.3, -0.25) is 4.79 Å². The molecule has 0 aliphatic heterocycles. The van der Waals surface area contributed by atoms with Gasteiger partial charge in [0.1, 0.15) is 11.5 Å². The predicted octanol–water partition coefficient (Wildman–Crippen LogP) is 4.11. The van der Waals surface area contributed by atoms with Gasteiger partial charge < -0.3 is 4.74 Å². The van der Waals surface area contributed by atoms with Gasteiger partial charge in [0.2, 0.25) is 0 Å². The van der Waals surface area contributed by atoms with Gasteiger partial charge in [0.15, 0.2) is 0 Å². The van der Waals surface area contributed by atoms with Crippen LogP contribution in [-0.4, -0.2) is 17.5 Å². The highest BCUT2D eigenvalue weighted by molar-refractivity contribution is 9.09. The van der Waals surface area contributed by atoms with Crippen LogP contribution in [0.3, 0.4) is 0 Å². The molecule has 1 aromatic rings. The van der Waals surface area contributed by atoms with E-state index >= 15 is 0 Å². The lowest BCUT2D eigenvalue weighted by molar-refractivity contribution is -0.276. The van der Waals surface area contributed by atoms with Crippen molar-refractivity contribution in [1.82, 2.24) is 0 Å². The lowest BCUT2D eigenvalue weighted by Gasteiger charge is -2.18. The molecule has 0 fully saturated rings. The van der Waals surface area contributed by atoms with Crippen LogP contribution in [0.2, 0.25) is 0 Å². The molecule has 0 aliphatic rings. The van der Waals surface area contributed by atoms with Gasteiger partial charge in [0.05, 0.1) is 10.9 Å². The van der Waals surface area contributed by atoms with Crippen molar-refractivity contribution < 1.29 is 35.9 Å². The summed E-state index contributed by atoms with van der Waals surface area (Å²) in [6, 6.07) is 2.36. The first-order chi connectivity index (χ1) is 9.04. The molecular weight excluding hydrogens is 358 g/mol. The maximum absolute atomic E-state index is 12.7. The van der Waals surface area contributed by atoms with Crippen molar-refractivity contribution in [3.8, 4) is 5.75 Å². The van der Waals surface area contributed by atoms with E-state index < -0.39 is 41.6 Å². The highest BCUT2D eigenvalue weighted by Crippen LogP contribution is 2.40. The van der Waals surface area contributed by atoms with Crippen molar-refractivity contribution in [2.24, 2.45) is 0 Å². The van der Waals surface area contributed by atoms with E-state index in [4.69, 9.17) is 0 Å². The van der Waals surface area contributed by atoms with Crippen LogP contribution in [0.5, 0.6) is 5.75 Å². The summed E-state index contributed by atoms with van der Waals surface area (Å²) in [5, 5.41) is -0.186. The summed E-state index contributed by atoms with van der Waals surface area (Å²) < 4.78 is 78.2. The molecular formula is C11H7BrF6O2. The molecule has 9 heteroatoms. The lowest BCUT2D eigenvalue weighted by atomic mass is 10.0. The number of Topliss-reactive ketones (excluding diaryl/α,β-unsaturated/α-hetero) is 1. The Morgan fingerprint density at radius 3 is 2.20 bits per heavy atom. The van der Waals surface area contributed by atoms with Crippen LogP contribution >= 0.6 is 15.9 Å². The van der Waals surface area contributed by atoms with Crippen LogP contribution in [0.25, 0.3) is 0 Å². The molecule has 112 valence electrons. The number of ketones is 1. The van der Waals surface area contributed by atoms with Gasteiger partial charge in [-0.1, -0.05) is 28.1 Å². The van der Waals surface area contributed by atoms with E-state index in [0.717, 1.165) is 12.1 Å². The first kappa shape index (κ1) is 16.8. The normalized spacial score (nSPS) is 12.3. The van der Waals surface area contributed by atoms with Gasteiger partial charge in [0, 0.05) is 12.0 Å². The predicted molar refractivity (Wildman–Crippen MR) is 60.6 cm³/mol. The van der Waals surface area contributed by atoms with Crippen molar-refractivity contribution in [1.29, 1.82) is 0 Å². The molecule has 1 rings (SSSR count). The Morgan fingerprint density at radius 2 is 1.75 bits per heavy atom. The first-order valence-corrected chi connectivity index (χ1v) is 6.19. The van der Waals surface area contributed by atoms with E-state index in [1.54, 1.807) is 0 Å². The molecule has 0 unspecified atom stereocenters. The van der Waals surface area contributed by atoms with Gasteiger partial charge >= 0.3 is 12.5 Å². The number of rotatable bonds is 4. The van der Waals surface area contributed by atoms with Crippen LogP contribution < -0.4 is 4.74 Å². The molecule has 1 aromatic carbocycles. The van der Waals surface area contributed by atoms with Crippen LogP contribution in [0.1, 0.15) is 11.1 Å². The fourth-order valence-electron chi connectivity index (χ4n) is 1.44. The minimum Gasteiger partial charge on any atom is -0.405 e. The zero-order chi connectivity index (χ0) is 15.6. The molecule has 0 atom stereocenters. The number of carbonyl (C=O) groups is 1. The summed E-state index contributed by atoms with van der Waals surface area (Å²) in [6.45, 7) is 0. The monoisotopic (exact) mass is 364 g/mol. The van der Waals surface area contributed by atoms with Crippen LogP contribution in [0, 0.1) is 0 Å². The number of hydrogen-bond acceptors (Lipinski definition) is 2. The summed E-state index contributed by atoms with van der Waals surface area (Å²) >= 11 is 2.78.